The molecule has 0 bridgehead atoms. The second-order valence-electron chi connectivity index (χ2n) is 25.5. The van der Waals surface area contributed by atoms with E-state index in [0.29, 0.717) is 25.7 Å². The zero-order valence-electron chi connectivity index (χ0n) is 64.4. The van der Waals surface area contributed by atoms with Gasteiger partial charge in [0.05, 0.1) is 32.8 Å². The number of rotatable bonds is 72. The van der Waals surface area contributed by atoms with Gasteiger partial charge in [0.1, 0.15) is 19.3 Å². The Bertz CT molecular complexity index is 2640. The van der Waals surface area contributed by atoms with Crippen molar-refractivity contribution in [3.63, 3.8) is 0 Å². The minimum absolute atomic E-state index is 0.0650. The van der Waals surface area contributed by atoms with Gasteiger partial charge in [0.15, 0.2) is 12.2 Å². The van der Waals surface area contributed by atoms with Crippen molar-refractivity contribution in [1.82, 2.24) is 0 Å². The summed E-state index contributed by atoms with van der Waals surface area (Å²) in [4.78, 5) is 72.9. The fourth-order valence-electron chi connectivity index (χ4n) is 9.80. The highest BCUT2D eigenvalue weighted by Gasteiger charge is 2.30. The van der Waals surface area contributed by atoms with Crippen LogP contribution in [0.15, 0.2) is 170 Å². The lowest BCUT2D eigenvalue weighted by Gasteiger charge is -2.21. The summed E-state index contributed by atoms with van der Waals surface area (Å²) in [5.74, 6) is -2.39. The predicted molar refractivity (Wildman–Crippen MR) is 426 cm³/mol. The van der Waals surface area contributed by atoms with Crippen LogP contribution in [0.2, 0.25) is 0 Å². The van der Waals surface area contributed by atoms with Crippen LogP contribution in [-0.4, -0.2) is 96.7 Å². The van der Waals surface area contributed by atoms with Crippen LogP contribution < -0.4 is 0 Å². The number of carbonyl (C=O) groups is 4. The van der Waals surface area contributed by atoms with Crippen LogP contribution in [-0.2, 0) is 65.4 Å². The molecule has 0 aromatic heterocycles. The first-order chi connectivity index (χ1) is 50.7. The van der Waals surface area contributed by atoms with E-state index in [4.69, 9.17) is 37.0 Å². The van der Waals surface area contributed by atoms with Gasteiger partial charge in [-0.1, -0.05) is 275 Å². The number of aliphatic hydroxyl groups is 1. The fraction of sp³-hybridized carbons (Fsp3) is 0.624. The van der Waals surface area contributed by atoms with Crippen LogP contribution in [0.3, 0.4) is 0 Å². The normalized spacial score (nSPS) is 14.8. The second-order valence-corrected chi connectivity index (χ2v) is 28.4. The molecule has 0 aromatic carbocycles. The van der Waals surface area contributed by atoms with E-state index in [1.165, 1.54) is 19.3 Å². The first-order valence-corrected chi connectivity index (χ1v) is 42.4. The lowest BCUT2D eigenvalue weighted by molar-refractivity contribution is -0.161. The molecule has 0 rings (SSSR count). The van der Waals surface area contributed by atoms with Crippen molar-refractivity contribution in [1.29, 1.82) is 0 Å². The van der Waals surface area contributed by atoms with Crippen LogP contribution in [0.4, 0.5) is 0 Å². The predicted octanol–water partition coefficient (Wildman–Crippen LogP) is 23.0. The topological polar surface area (TPSA) is 237 Å². The molecule has 0 spiro atoms. The van der Waals surface area contributed by atoms with Crippen molar-refractivity contribution in [2.24, 2.45) is 0 Å². The Hall–Kier alpha value is -5.58. The summed E-state index contributed by atoms with van der Waals surface area (Å²) < 4.78 is 68.4. The summed E-state index contributed by atoms with van der Waals surface area (Å²) in [6.45, 7) is 4.32. The van der Waals surface area contributed by atoms with Gasteiger partial charge < -0.3 is 33.8 Å². The minimum atomic E-state index is -5.01. The number of phosphoric acid groups is 2. The molecule has 5 unspecified atom stereocenters. The number of esters is 4. The van der Waals surface area contributed by atoms with Crippen molar-refractivity contribution >= 4 is 39.5 Å². The van der Waals surface area contributed by atoms with Gasteiger partial charge in [0.2, 0.25) is 0 Å². The van der Waals surface area contributed by atoms with Crippen LogP contribution in [0.1, 0.15) is 285 Å². The van der Waals surface area contributed by atoms with Gasteiger partial charge in [0, 0.05) is 19.3 Å². The molecule has 104 heavy (non-hydrogen) atoms. The van der Waals surface area contributed by atoms with Gasteiger partial charge in [-0.05, 0) is 154 Å². The van der Waals surface area contributed by atoms with Crippen LogP contribution >= 0.6 is 15.6 Å². The number of allylic oxidation sites excluding steroid dienone is 27. The average Bonchev–Trinajstić information content (AvgIpc) is 1.21. The summed E-state index contributed by atoms with van der Waals surface area (Å²) in [6.07, 6.45) is 89.4. The molecule has 0 heterocycles. The Labute approximate surface area is 629 Å². The fourth-order valence-corrected chi connectivity index (χ4v) is 11.4. The van der Waals surface area contributed by atoms with E-state index >= 15 is 0 Å². The van der Waals surface area contributed by atoms with Gasteiger partial charge in [-0.15, -0.1) is 0 Å². The van der Waals surface area contributed by atoms with E-state index in [0.717, 1.165) is 186 Å². The second kappa shape index (κ2) is 75.6. The molecule has 0 aliphatic heterocycles. The van der Waals surface area contributed by atoms with E-state index < -0.39 is 97.5 Å². The quantitative estimate of drug-likeness (QED) is 0.0169. The third-order valence-electron chi connectivity index (χ3n) is 15.7. The standard InChI is InChI=1S/C85H138O17P2/c1-5-9-13-17-21-25-29-33-37-39-43-45-49-53-57-61-65-69-82(87)95-75-80(101-84(89)71-67-63-59-55-51-47-41-35-31-27-23-19-15-11-7-3)77-99-103(91,92)97-73-79(86)74-98-104(93,94)100-78-81(102-85(90)72-68-64-60-56-52-48-42-36-32-28-24-20-16-12-8-4)76-96-83(88)70-66-62-58-54-50-46-44-40-38-34-30-26-22-18-14-10-6-2/h9-11,13-15,21-28,33-38,41-42,44,46,51,55,63,67,79-81,86H,5-8,12,16-20,29-32,39-40,43,45,47-50,52-54,56-62,64-66,68-78H2,1-4H3,(H,91,92)(H,93,94)/b13-9-,14-10-,15-11-,25-21-,26-22-,27-23-,28-24-,37-33-,38-34-,41-35-,42-36-,46-44-,55-51-,67-63-. The Morgan fingerprint density at radius 3 is 0.856 bits per heavy atom. The third-order valence-corrected chi connectivity index (χ3v) is 17.6. The van der Waals surface area contributed by atoms with Crippen LogP contribution in [0, 0.1) is 0 Å². The maximum Gasteiger partial charge on any atom is 0.472 e. The molecule has 0 fully saturated rings. The first kappa shape index (κ1) is 98.4. The van der Waals surface area contributed by atoms with Crippen molar-refractivity contribution in [2.45, 2.75) is 303 Å². The van der Waals surface area contributed by atoms with E-state index in [9.17, 15) is 43.2 Å². The lowest BCUT2D eigenvalue weighted by atomic mass is 10.1. The monoisotopic (exact) mass is 1490 g/mol. The van der Waals surface area contributed by atoms with Crippen molar-refractivity contribution in [3.05, 3.63) is 170 Å². The Balaban J connectivity index is 5.48. The number of phosphoric ester groups is 2. The molecule has 590 valence electrons. The molecule has 0 aromatic rings. The molecule has 19 heteroatoms. The van der Waals surface area contributed by atoms with Crippen molar-refractivity contribution < 1.29 is 80.2 Å². The summed E-state index contributed by atoms with van der Waals surface area (Å²) in [5.41, 5.74) is 0. The number of hydrogen-bond acceptors (Lipinski definition) is 15. The molecular weight excluding hydrogens is 1350 g/mol. The van der Waals surface area contributed by atoms with Gasteiger partial charge in [-0.2, -0.15) is 0 Å². The summed E-state index contributed by atoms with van der Waals surface area (Å²) in [7, 11) is -10.0. The highest BCUT2D eigenvalue weighted by Crippen LogP contribution is 2.45. The zero-order valence-corrected chi connectivity index (χ0v) is 66.2. The maximum atomic E-state index is 13.1. The third kappa shape index (κ3) is 74.7. The number of hydrogen-bond donors (Lipinski definition) is 3. The molecule has 0 saturated heterocycles. The molecular formula is C85H138O17P2. The van der Waals surface area contributed by atoms with Crippen LogP contribution in [0.25, 0.3) is 0 Å². The van der Waals surface area contributed by atoms with E-state index in [2.05, 4.69) is 174 Å². The summed E-state index contributed by atoms with van der Waals surface area (Å²) >= 11 is 0. The average molecular weight is 1490 g/mol. The number of aliphatic hydroxyl groups excluding tert-OH is 1. The Morgan fingerprint density at radius 2 is 0.538 bits per heavy atom. The summed E-state index contributed by atoms with van der Waals surface area (Å²) in [6, 6.07) is 0. The van der Waals surface area contributed by atoms with Gasteiger partial charge in [0.25, 0.3) is 0 Å². The van der Waals surface area contributed by atoms with Crippen molar-refractivity contribution in [3.8, 4) is 0 Å². The molecule has 0 saturated carbocycles. The van der Waals surface area contributed by atoms with Gasteiger partial charge in [-0.25, -0.2) is 9.13 Å². The van der Waals surface area contributed by atoms with E-state index in [-0.39, 0.29) is 25.7 Å². The van der Waals surface area contributed by atoms with Crippen molar-refractivity contribution in [2.75, 3.05) is 39.6 Å². The highest BCUT2D eigenvalue weighted by molar-refractivity contribution is 7.47. The molecule has 0 aliphatic rings. The van der Waals surface area contributed by atoms with Gasteiger partial charge in [-0.3, -0.25) is 37.3 Å². The molecule has 0 aliphatic carbocycles. The molecule has 0 amide bonds. The van der Waals surface area contributed by atoms with Gasteiger partial charge >= 0.3 is 39.5 Å². The Morgan fingerprint density at radius 1 is 0.288 bits per heavy atom. The Kier molecular flexibility index (Phi) is 71.6. The largest absolute Gasteiger partial charge is 0.472 e. The van der Waals surface area contributed by atoms with Crippen LogP contribution in [0.5, 0.6) is 0 Å². The molecule has 17 nitrogen and oxygen atoms in total. The molecule has 0 radical (unpaired) electrons. The van der Waals surface area contributed by atoms with E-state index in [1.54, 1.807) is 12.2 Å². The number of carbonyl (C=O) groups excluding carboxylic acids is 4. The SMILES string of the molecule is CC/C=C\C/C=C\C/C=C\C/C=C\C/C=C\CC(=O)OC(COC(=O)CCCCCCCCC/C=C\C/C=C\C/C=C\CC)COP(=O)(O)OCC(O)COP(=O)(O)OCC(COC(=O)CCCCCC/C=C\C/C=C\C/C=C\C/C=C\CC)OC(=O)CCCCCCC/C=C\C/C=C\CCCCC. The highest BCUT2D eigenvalue weighted by atomic mass is 31.2. The zero-order chi connectivity index (χ0) is 76.0. The molecule has 3 N–H and O–H groups in total. The number of ether oxygens (including phenoxy) is 4. The molecule has 5 atom stereocenters. The smallest absolute Gasteiger partial charge is 0.462 e. The number of unbranched alkanes of at least 4 members (excludes halogenated alkanes) is 19. The minimum Gasteiger partial charge on any atom is -0.462 e. The lowest BCUT2D eigenvalue weighted by Crippen LogP contribution is -2.30. The first-order valence-electron chi connectivity index (χ1n) is 39.4. The maximum absolute atomic E-state index is 13.1. The van der Waals surface area contributed by atoms with E-state index in [1.807, 2.05) is 12.2 Å². The summed E-state index contributed by atoms with van der Waals surface area (Å²) in [5, 5.41) is 10.6.